The standard InChI is InChI=1S/C17H29N3O3/c1-13(12-15(21)16-4-3-11-23-16)19-17(22)18-8-5-14-6-9-20(2)10-7-14/h3-4,11,13-15,21H,5-10,12H2,1-2H3,(H2,18,19,22). The smallest absolute Gasteiger partial charge is 0.314 e. The average Bonchev–Trinajstić information content (AvgIpc) is 3.03. The molecule has 2 atom stereocenters. The van der Waals surface area contributed by atoms with Crippen molar-refractivity contribution in [2.24, 2.45) is 5.92 Å². The number of nitrogens with one attached hydrogen (secondary N) is 2. The molecule has 23 heavy (non-hydrogen) atoms. The number of carbonyl (C=O) groups is 1. The Kier molecular flexibility index (Phi) is 6.92. The predicted molar refractivity (Wildman–Crippen MR) is 89.1 cm³/mol. The second-order valence-electron chi connectivity index (χ2n) is 6.60. The van der Waals surface area contributed by atoms with Gasteiger partial charge in [-0.25, -0.2) is 4.79 Å². The normalized spacial score (nSPS) is 19.3. The van der Waals surface area contributed by atoms with E-state index >= 15 is 0 Å². The first kappa shape index (κ1) is 17.8. The summed E-state index contributed by atoms with van der Waals surface area (Å²) in [5.74, 6) is 1.24. The Morgan fingerprint density at radius 2 is 2.22 bits per heavy atom. The minimum absolute atomic E-state index is 0.126. The van der Waals surface area contributed by atoms with Gasteiger partial charge in [-0.15, -0.1) is 0 Å². The van der Waals surface area contributed by atoms with E-state index in [1.54, 1.807) is 12.1 Å². The van der Waals surface area contributed by atoms with Gasteiger partial charge >= 0.3 is 6.03 Å². The van der Waals surface area contributed by atoms with Gasteiger partial charge in [0.25, 0.3) is 0 Å². The van der Waals surface area contributed by atoms with Crippen molar-refractivity contribution in [3.63, 3.8) is 0 Å². The summed E-state index contributed by atoms with van der Waals surface area (Å²) in [6.07, 6.45) is 4.73. The van der Waals surface area contributed by atoms with Crippen LogP contribution in [0.25, 0.3) is 0 Å². The lowest BCUT2D eigenvalue weighted by Crippen LogP contribution is -2.42. The van der Waals surface area contributed by atoms with Gasteiger partial charge in [-0.3, -0.25) is 0 Å². The molecule has 0 saturated carbocycles. The average molecular weight is 323 g/mol. The van der Waals surface area contributed by atoms with E-state index in [9.17, 15) is 9.90 Å². The van der Waals surface area contributed by atoms with Gasteiger partial charge < -0.3 is 25.1 Å². The third kappa shape index (κ3) is 6.23. The number of aliphatic hydroxyl groups excluding tert-OH is 1. The van der Waals surface area contributed by atoms with Crippen molar-refractivity contribution in [1.29, 1.82) is 0 Å². The molecule has 2 amide bonds. The maximum atomic E-state index is 11.9. The highest BCUT2D eigenvalue weighted by molar-refractivity contribution is 5.74. The zero-order chi connectivity index (χ0) is 16.7. The summed E-state index contributed by atoms with van der Waals surface area (Å²) in [7, 11) is 2.15. The lowest BCUT2D eigenvalue weighted by molar-refractivity contribution is 0.129. The minimum Gasteiger partial charge on any atom is -0.467 e. The molecule has 0 aromatic carbocycles. The molecule has 1 fully saturated rings. The maximum Gasteiger partial charge on any atom is 0.314 e. The van der Waals surface area contributed by atoms with E-state index in [1.807, 2.05) is 6.92 Å². The molecule has 0 spiro atoms. The van der Waals surface area contributed by atoms with Crippen LogP contribution in [0.5, 0.6) is 0 Å². The first-order valence-electron chi connectivity index (χ1n) is 8.49. The number of nitrogens with zero attached hydrogens (tertiary/aromatic N) is 1. The van der Waals surface area contributed by atoms with Gasteiger partial charge in [0.1, 0.15) is 11.9 Å². The number of carbonyl (C=O) groups excluding carboxylic acids is 1. The number of furan rings is 1. The topological polar surface area (TPSA) is 77.7 Å². The maximum absolute atomic E-state index is 11.9. The van der Waals surface area contributed by atoms with E-state index < -0.39 is 6.10 Å². The summed E-state index contributed by atoms with van der Waals surface area (Å²) in [4.78, 5) is 14.2. The fraction of sp³-hybridized carbons (Fsp3) is 0.706. The lowest BCUT2D eigenvalue weighted by Gasteiger charge is -2.28. The number of likely N-dealkylation sites (tertiary alicyclic amines) is 1. The van der Waals surface area contributed by atoms with E-state index in [2.05, 4.69) is 22.6 Å². The Labute approximate surface area is 138 Å². The van der Waals surface area contributed by atoms with E-state index in [1.165, 1.54) is 19.1 Å². The Balaban J connectivity index is 1.58. The molecule has 1 aromatic heterocycles. The van der Waals surface area contributed by atoms with Gasteiger partial charge in [0.2, 0.25) is 0 Å². The fourth-order valence-electron chi connectivity index (χ4n) is 3.01. The molecule has 2 heterocycles. The summed E-state index contributed by atoms with van der Waals surface area (Å²) >= 11 is 0. The van der Waals surface area contributed by atoms with Crippen molar-refractivity contribution in [1.82, 2.24) is 15.5 Å². The van der Waals surface area contributed by atoms with E-state index in [4.69, 9.17) is 4.42 Å². The molecule has 6 nitrogen and oxygen atoms in total. The molecule has 1 saturated heterocycles. The van der Waals surface area contributed by atoms with E-state index in [-0.39, 0.29) is 12.1 Å². The van der Waals surface area contributed by atoms with Gasteiger partial charge in [-0.1, -0.05) is 0 Å². The summed E-state index contributed by atoms with van der Waals surface area (Å²) in [6, 6.07) is 3.18. The molecule has 2 rings (SSSR count). The SMILES string of the molecule is CC(CC(O)c1ccco1)NC(=O)NCCC1CCN(C)CC1. The second-order valence-corrected chi connectivity index (χ2v) is 6.60. The second kappa shape index (κ2) is 8.93. The van der Waals surface area contributed by atoms with Gasteiger partial charge in [-0.05, 0) is 64.4 Å². The van der Waals surface area contributed by atoms with Crippen LogP contribution in [0.2, 0.25) is 0 Å². The number of amides is 2. The quantitative estimate of drug-likeness (QED) is 0.718. The number of hydrogen-bond acceptors (Lipinski definition) is 4. The van der Waals surface area contributed by atoms with Crippen LogP contribution >= 0.6 is 0 Å². The molecular formula is C17H29N3O3. The van der Waals surface area contributed by atoms with Crippen molar-refractivity contribution in [2.75, 3.05) is 26.7 Å². The highest BCUT2D eigenvalue weighted by atomic mass is 16.4. The zero-order valence-corrected chi connectivity index (χ0v) is 14.1. The zero-order valence-electron chi connectivity index (χ0n) is 14.1. The first-order chi connectivity index (χ1) is 11.0. The first-order valence-corrected chi connectivity index (χ1v) is 8.49. The molecule has 1 aromatic rings. The Hall–Kier alpha value is -1.53. The van der Waals surface area contributed by atoms with Crippen molar-refractivity contribution in [2.45, 2.75) is 44.8 Å². The number of aliphatic hydroxyl groups is 1. The molecule has 1 aliphatic rings. The Morgan fingerprint density at radius 1 is 1.48 bits per heavy atom. The van der Waals surface area contributed by atoms with Crippen LogP contribution in [0.4, 0.5) is 4.79 Å². The molecule has 1 aliphatic heterocycles. The van der Waals surface area contributed by atoms with Crippen LogP contribution < -0.4 is 10.6 Å². The molecule has 130 valence electrons. The highest BCUT2D eigenvalue weighted by Gasteiger charge is 2.18. The number of hydrogen-bond donors (Lipinski definition) is 3. The summed E-state index contributed by atoms with van der Waals surface area (Å²) in [5, 5.41) is 15.8. The highest BCUT2D eigenvalue weighted by Crippen LogP contribution is 2.19. The number of rotatable bonds is 7. The largest absolute Gasteiger partial charge is 0.467 e. The molecular weight excluding hydrogens is 294 g/mol. The van der Waals surface area contributed by atoms with Crippen molar-refractivity contribution >= 4 is 6.03 Å². The molecule has 3 N–H and O–H groups in total. The van der Waals surface area contributed by atoms with Gasteiger partial charge in [0.15, 0.2) is 0 Å². The van der Waals surface area contributed by atoms with Crippen molar-refractivity contribution in [3.8, 4) is 0 Å². The fourth-order valence-corrected chi connectivity index (χ4v) is 3.01. The van der Waals surface area contributed by atoms with Gasteiger partial charge in [-0.2, -0.15) is 0 Å². The monoisotopic (exact) mass is 323 g/mol. The van der Waals surface area contributed by atoms with E-state index in [0.29, 0.717) is 24.6 Å². The third-order valence-corrected chi connectivity index (χ3v) is 4.50. The van der Waals surface area contributed by atoms with Crippen LogP contribution in [-0.4, -0.2) is 48.8 Å². The third-order valence-electron chi connectivity index (χ3n) is 4.50. The summed E-state index contributed by atoms with van der Waals surface area (Å²) in [6.45, 7) is 4.88. The van der Waals surface area contributed by atoms with Crippen LogP contribution in [-0.2, 0) is 0 Å². The Bertz CT molecular complexity index is 456. The van der Waals surface area contributed by atoms with Gasteiger partial charge in [0, 0.05) is 19.0 Å². The molecule has 6 heteroatoms. The number of urea groups is 1. The van der Waals surface area contributed by atoms with Crippen molar-refractivity contribution in [3.05, 3.63) is 24.2 Å². The van der Waals surface area contributed by atoms with Gasteiger partial charge in [0.05, 0.1) is 6.26 Å². The van der Waals surface area contributed by atoms with Crippen LogP contribution in [0.1, 0.15) is 44.5 Å². The predicted octanol–water partition coefficient (Wildman–Crippen LogP) is 2.12. The number of piperidine rings is 1. The van der Waals surface area contributed by atoms with Crippen LogP contribution in [0.15, 0.2) is 22.8 Å². The van der Waals surface area contributed by atoms with Crippen LogP contribution in [0.3, 0.4) is 0 Å². The van der Waals surface area contributed by atoms with E-state index in [0.717, 1.165) is 19.5 Å². The molecule has 0 aliphatic carbocycles. The molecule has 2 unspecified atom stereocenters. The lowest BCUT2D eigenvalue weighted by atomic mass is 9.94. The minimum atomic E-state index is -0.695. The van der Waals surface area contributed by atoms with Crippen molar-refractivity contribution < 1.29 is 14.3 Å². The molecule has 0 radical (unpaired) electrons. The summed E-state index contributed by atoms with van der Waals surface area (Å²) in [5.41, 5.74) is 0. The summed E-state index contributed by atoms with van der Waals surface area (Å²) < 4.78 is 5.16. The Morgan fingerprint density at radius 3 is 2.87 bits per heavy atom. The molecule has 0 bridgehead atoms. The van der Waals surface area contributed by atoms with Crippen LogP contribution in [0, 0.1) is 5.92 Å².